The smallest absolute Gasteiger partial charge is 0.220 e. The van der Waals surface area contributed by atoms with Gasteiger partial charge in [0.05, 0.1) is 0 Å². The van der Waals surface area contributed by atoms with Gasteiger partial charge in [-0.3, -0.25) is 4.79 Å². The molecule has 3 heteroatoms. The minimum Gasteiger partial charge on any atom is -0.359 e. The quantitative estimate of drug-likeness (QED) is 0.817. The van der Waals surface area contributed by atoms with Crippen molar-refractivity contribution in [2.24, 2.45) is 0 Å². The van der Waals surface area contributed by atoms with Crippen LogP contribution in [0.15, 0.2) is 18.2 Å². The van der Waals surface area contributed by atoms with Crippen molar-refractivity contribution in [3.05, 3.63) is 34.3 Å². The van der Waals surface area contributed by atoms with Crippen molar-refractivity contribution < 1.29 is 4.79 Å². The van der Waals surface area contributed by atoms with Gasteiger partial charge in [-0.15, -0.1) is 0 Å². The lowest BCUT2D eigenvalue weighted by Gasteiger charge is -2.04. The fraction of sp³-hybridized carbons (Fsp3) is 0.364. The minimum absolute atomic E-state index is 0.0432. The van der Waals surface area contributed by atoms with Crippen LogP contribution in [0.1, 0.15) is 17.5 Å². The molecule has 0 fully saturated rings. The van der Waals surface area contributed by atoms with Crippen molar-refractivity contribution in [1.82, 2.24) is 5.32 Å². The molecule has 0 aromatic heterocycles. The first-order valence-corrected chi connectivity index (χ1v) is 4.97. The monoisotopic (exact) mass is 211 g/mol. The highest BCUT2D eigenvalue weighted by atomic mass is 35.5. The summed E-state index contributed by atoms with van der Waals surface area (Å²) in [7, 11) is 1.64. The van der Waals surface area contributed by atoms with Crippen molar-refractivity contribution in [3.63, 3.8) is 0 Å². The van der Waals surface area contributed by atoms with Crippen LogP contribution in [0.5, 0.6) is 0 Å². The summed E-state index contributed by atoms with van der Waals surface area (Å²) in [4.78, 5) is 11.0. The second kappa shape index (κ2) is 5.01. The zero-order valence-electron chi connectivity index (χ0n) is 8.43. The van der Waals surface area contributed by atoms with E-state index in [0.717, 1.165) is 16.1 Å². The summed E-state index contributed by atoms with van der Waals surface area (Å²) in [6.45, 7) is 1.99. The molecular weight excluding hydrogens is 198 g/mol. The third-order valence-corrected chi connectivity index (χ3v) is 2.46. The molecule has 0 aliphatic carbocycles. The van der Waals surface area contributed by atoms with E-state index in [4.69, 9.17) is 11.6 Å². The molecule has 0 radical (unpaired) electrons. The molecule has 2 nitrogen and oxygen atoms in total. The summed E-state index contributed by atoms with van der Waals surface area (Å²) in [5.74, 6) is 0.0432. The van der Waals surface area contributed by atoms with Gasteiger partial charge in [0.25, 0.3) is 0 Å². The Hall–Kier alpha value is -1.02. The highest BCUT2D eigenvalue weighted by molar-refractivity contribution is 6.31. The van der Waals surface area contributed by atoms with E-state index in [9.17, 15) is 4.79 Å². The summed E-state index contributed by atoms with van der Waals surface area (Å²) in [5.41, 5.74) is 2.17. The number of carbonyl (C=O) groups is 1. The lowest BCUT2D eigenvalue weighted by atomic mass is 10.1. The van der Waals surface area contributed by atoms with Gasteiger partial charge in [0.1, 0.15) is 0 Å². The van der Waals surface area contributed by atoms with Gasteiger partial charge in [-0.05, 0) is 30.5 Å². The third-order valence-electron chi connectivity index (χ3n) is 2.11. The van der Waals surface area contributed by atoms with Crippen LogP contribution in [0.2, 0.25) is 5.02 Å². The van der Waals surface area contributed by atoms with E-state index in [-0.39, 0.29) is 5.91 Å². The molecule has 1 N–H and O–H groups in total. The first kappa shape index (κ1) is 11.1. The van der Waals surface area contributed by atoms with E-state index < -0.39 is 0 Å². The maximum Gasteiger partial charge on any atom is 0.220 e. The van der Waals surface area contributed by atoms with Crippen molar-refractivity contribution in [3.8, 4) is 0 Å². The van der Waals surface area contributed by atoms with Gasteiger partial charge in [0, 0.05) is 18.5 Å². The number of hydrogen-bond acceptors (Lipinski definition) is 1. The maximum atomic E-state index is 11.0. The SMILES string of the molecule is CNC(=O)CCc1ccc(C)cc1Cl. The van der Waals surface area contributed by atoms with Crippen LogP contribution >= 0.6 is 11.6 Å². The average molecular weight is 212 g/mol. The third kappa shape index (κ3) is 3.04. The van der Waals surface area contributed by atoms with E-state index in [1.807, 2.05) is 25.1 Å². The molecule has 0 spiro atoms. The molecule has 0 bridgehead atoms. The summed E-state index contributed by atoms with van der Waals surface area (Å²) in [5, 5.41) is 3.33. The number of halogens is 1. The maximum absolute atomic E-state index is 11.0. The number of benzene rings is 1. The fourth-order valence-corrected chi connectivity index (χ4v) is 1.56. The molecule has 0 saturated carbocycles. The molecule has 0 saturated heterocycles. The number of nitrogens with one attached hydrogen (secondary N) is 1. The highest BCUT2D eigenvalue weighted by Crippen LogP contribution is 2.18. The Morgan fingerprint density at radius 1 is 1.50 bits per heavy atom. The van der Waals surface area contributed by atoms with Crippen LogP contribution in [0.25, 0.3) is 0 Å². The Labute approximate surface area is 89.3 Å². The lowest BCUT2D eigenvalue weighted by molar-refractivity contribution is -0.120. The average Bonchev–Trinajstić information content (AvgIpc) is 2.16. The molecule has 0 aliphatic rings. The fourth-order valence-electron chi connectivity index (χ4n) is 1.23. The van der Waals surface area contributed by atoms with E-state index in [1.165, 1.54) is 0 Å². The topological polar surface area (TPSA) is 29.1 Å². The molecule has 0 aliphatic heterocycles. The number of amides is 1. The standard InChI is InChI=1S/C11H14ClNO/c1-8-3-4-9(10(12)7-8)5-6-11(14)13-2/h3-4,7H,5-6H2,1-2H3,(H,13,14). The molecule has 1 aromatic rings. The van der Waals surface area contributed by atoms with Gasteiger partial charge in [0.2, 0.25) is 5.91 Å². The Morgan fingerprint density at radius 3 is 2.79 bits per heavy atom. The van der Waals surface area contributed by atoms with Gasteiger partial charge in [-0.25, -0.2) is 0 Å². The second-order valence-corrected chi connectivity index (χ2v) is 3.68. The number of hydrogen-bond donors (Lipinski definition) is 1. The molecule has 0 heterocycles. The molecule has 0 unspecified atom stereocenters. The van der Waals surface area contributed by atoms with E-state index in [0.29, 0.717) is 12.8 Å². The van der Waals surface area contributed by atoms with Crippen LogP contribution in [-0.4, -0.2) is 13.0 Å². The van der Waals surface area contributed by atoms with Crippen molar-refractivity contribution >= 4 is 17.5 Å². The van der Waals surface area contributed by atoms with E-state index in [1.54, 1.807) is 7.05 Å². The normalized spacial score (nSPS) is 9.93. The molecule has 76 valence electrons. The number of carbonyl (C=O) groups excluding carboxylic acids is 1. The van der Waals surface area contributed by atoms with Crippen LogP contribution < -0.4 is 5.32 Å². The molecule has 14 heavy (non-hydrogen) atoms. The summed E-state index contributed by atoms with van der Waals surface area (Å²) in [6.07, 6.45) is 1.18. The zero-order chi connectivity index (χ0) is 10.6. The molecule has 1 rings (SSSR count). The summed E-state index contributed by atoms with van der Waals surface area (Å²) in [6, 6.07) is 5.90. The highest BCUT2D eigenvalue weighted by Gasteiger charge is 2.03. The van der Waals surface area contributed by atoms with Gasteiger partial charge in [-0.1, -0.05) is 23.7 Å². The number of rotatable bonds is 3. The van der Waals surface area contributed by atoms with Crippen LogP contribution in [-0.2, 0) is 11.2 Å². The predicted octanol–water partition coefficient (Wildman–Crippen LogP) is 2.33. The summed E-state index contributed by atoms with van der Waals surface area (Å²) >= 11 is 6.02. The van der Waals surface area contributed by atoms with Crippen LogP contribution in [0.3, 0.4) is 0 Å². The second-order valence-electron chi connectivity index (χ2n) is 3.27. The van der Waals surface area contributed by atoms with Gasteiger partial charge >= 0.3 is 0 Å². The predicted molar refractivity (Wildman–Crippen MR) is 58.6 cm³/mol. The van der Waals surface area contributed by atoms with E-state index >= 15 is 0 Å². The minimum atomic E-state index is 0.0432. The Bertz CT molecular complexity index is 336. The largest absolute Gasteiger partial charge is 0.359 e. The Morgan fingerprint density at radius 2 is 2.21 bits per heavy atom. The van der Waals surface area contributed by atoms with Crippen molar-refractivity contribution in [1.29, 1.82) is 0 Å². The Kier molecular flexibility index (Phi) is 3.96. The van der Waals surface area contributed by atoms with Crippen LogP contribution in [0, 0.1) is 6.92 Å². The molecule has 1 aromatic carbocycles. The number of aryl methyl sites for hydroxylation is 2. The molecular formula is C11H14ClNO. The van der Waals surface area contributed by atoms with Gasteiger partial charge in [-0.2, -0.15) is 0 Å². The first-order valence-electron chi connectivity index (χ1n) is 4.59. The zero-order valence-corrected chi connectivity index (χ0v) is 9.19. The van der Waals surface area contributed by atoms with E-state index in [2.05, 4.69) is 5.32 Å². The van der Waals surface area contributed by atoms with Crippen molar-refractivity contribution in [2.75, 3.05) is 7.05 Å². The van der Waals surface area contributed by atoms with Crippen molar-refractivity contribution in [2.45, 2.75) is 19.8 Å². The summed E-state index contributed by atoms with van der Waals surface area (Å²) < 4.78 is 0. The first-order chi connectivity index (χ1) is 6.63. The Balaban J connectivity index is 2.63. The lowest BCUT2D eigenvalue weighted by Crippen LogP contribution is -2.17. The molecule has 1 amide bonds. The molecule has 0 atom stereocenters. The van der Waals surface area contributed by atoms with Gasteiger partial charge in [0.15, 0.2) is 0 Å². The van der Waals surface area contributed by atoms with Crippen LogP contribution in [0.4, 0.5) is 0 Å². The van der Waals surface area contributed by atoms with Gasteiger partial charge < -0.3 is 5.32 Å².